The number of aliphatic hydroxyl groups is 1. The Morgan fingerprint density at radius 3 is 2.40 bits per heavy atom. The maximum atomic E-state index is 11.6. The lowest BCUT2D eigenvalue weighted by atomic mass is 10.2. The standard InChI is InChI=1S/C12H22NO6P/c1-5-18-10(15)9(6-7-20(17)8-14)13-11(16)19-12(2,3)4/h6,14,20H,5,7-8H2,1-4H3,(H,13,16). The van der Waals surface area contributed by atoms with Crippen molar-refractivity contribution >= 4 is 19.9 Å². The Bertz CT molecular complexity index is 399. The second kappa shape index (κ2) is 8.76. The Morgan fingerprint density at radius 1 is 1.35 bits per heavy atom. The lowest BCUT2D eigenvalue weighted by Gasteiger charge is -2.20. The van der Waals surface area contributed by atoms with Crippen molar-refractivity contribution in [1.29, 1.82) is 0 Å². The van der Waals surface area contributed by atoms with Crippen LogP contribution in [0.5, 0.6) is 0 Å². The fourth-order valence-electron chi connectivity index (χ4n) is 1.09. The second-order valence-corrected chi connectivity index (χ2v) is 6.67. The number of alkyl carbamates (subject to hydrolysis) is 1. The molecule has 0 radical (unpaired) electrons. The third-order valence-electron chi connectivity index (χ3n) is 1.84. The maximum Gasteiger partial charge on any atom is 0.412 e. The Kier molecular flexibility index (Phi) is 8.18. The van der Waals surface area contributed by atoms with Crippen LogP contribution in [0.2, 0.25) is 0 Å². The van der Waals surface area contributed by atoms with Gasteiger partial charge in [0.05, 0.1) is 13.0 Å². The van der Waals surface area contributed by atoms with E-state index >= 15 is 0 Å². The van der Waals surface area contributed by atoms with E-state index in [0.717, 1.165) is 0 Å². The van der Waals surface area contributed by atoms with Gasteiger partial charge in [-0.15, -0.1) is 0 Å². The molecule has 0 heterocycles. The summed E-state index contributed by atoms with van der Waals surface area (Å²) in [4.78, 5) is 23.2. The van der Waals surface area contributed by atoms with E-state index in [1.165, 1.54) is 6.08 Å². The molecule has 7 nitrogen and oxygen atoms in total. The van der Waals surface area contributed by atoms with E-state index in [9.17, 15) is 14.2 Å². The summed E-state index contributed by atoms with van der Waals surface area (Å²) in [6.45, 7) is 6.82. The van der Waals surface area contributed by atoms with E-state index < -0.39 is 31.8 Å². The summed E-state index contributed by atoms with van der Waals surface area (Å²) < 4.78 is 21.0. The number of aliphatic hydroxyl groups excluding tert-OH is 1. The van der Waals surface area contributed by atoms with Crippen molar-refractivity contribution in [1.82, 2.24) is 5.32 Å². The van der Waals surface area contributed by atoms with Crippen molar-refractivity contribution in [2.24, 2.45) is 0 Å². The Morgan fingerprint density at radius 2 is 1.95 bits per heavy atom. The Balaban J connectivity index is 4.81. The van der Waals surface area contributed by atoms with Gasteiger partial charge in [0.15, 0.2) is 0 Å². The fraction of sp³-hybridized carbons (Fsp3) is 0.667. The number of hydrogen-bond acceptors (Lipinski definition) is 6. The number of esters is 1. The van der Waals surface area contributed by atoms with E-state index in [4.69, 9.17) is 14.6 Å². The summed E-state index contributed by atoms with van der Waals surface area (Å²) >= 11 is 0. The number of hydrogen-bond donors (Lipinski definition) is 2. The molecule has 0 bridgehead atoms. The topological polar surface area (TPSA) is 102 Å². The van der Waals surface area contributed by atoms with Gasteiger partial charge in [0.2, 0.25) is 0 Å². The van der Waals surface area contributed by atoms with Gasteiger partial charge in [-0.2, -0.15) is 0 Å². The van der Waals surface area contributed by atoms with Crippen LogP contribution in [0.25, 0.3) is 0 Å². The smallest absolute Gasteiger partial charge is 0.412 e. The maximum absolute atomic E-state index is 11.6. The van der Waals surface area contributed by atoms with Gasteiger partial charge in [0.25, 0.3) is 0 Å². The summed E-state index contributed by atoms with van der Waals surface area (Å²) in [6, 6.07) is 0. The Labute approximate surface area is 119 Å². The molecule has 1 atom stereocenters. The molecule has 0 rings (SSSR count). The van der Waals surface area contributed by atoms with E-state index in [0.29, 0.717) is 0 Å². The number of amides is 1. The zero-order valence-corrected chi connectivity index (χ0v) is 13.2. The highest BCUT2D eigenvalue weighted by Crippen LogP contribution is 2.18. The fourth-order valence-corrected chi connectivity index (χ4v) is 1.65. The molecule has 0 aliphatic rings. The zero-order chi connectivity index (χ0) is 15.8. The number of rotatable bonds is 6. The van der Waals surface area contributed by atoms with E-state index in [2.05, 4.69) is 5.32 Å². The van der Waals surface area contributed by atoms with Crippen LogP contribution in [0, 0.1) is 0 Å². The zero-order valence-electron chi connectivity index (χ0n) is 12.2. The minimum Gasteiger partial charge on any atom is -0.461 e. The predicted octanol–water partition coefficient (Wildman–Crippen LogP) is 1.47. The van der Waals surface area contributed by atoms with E-state index in [1.807, 2.05) is 0 Å². The quantitative estimate of drug-likeness (QED) is 0.437. The van der Waals surface area contributed by atoms with Crippen LogP contribution in [0.3, 0.4) is 0 Å². The van der Waals surface area contributed by atoms with Crippen molar-refractivity contribution in [3.05, 3.63) is 11.8 Å². The van der Waals surface area contributed by atoms with Gasteiger partial charge in [-0.1, -0.05) is 0 Å². The number of nitrogens with one attached hydrogen (secondary N) is 1. The van der Waals surface area contributed by atoms with Crippen molar-refractivity contribution in [2.45, 2.75) is 33.3 Å². The highest BCUT2D eigenvalue weighted by Gasteiger charge is 2.20. The number of carbonyl (C=O) groups excluding carboxylic acids is 2. The van der Waals surface area contributed by atoms with Gasteiger partial charge in [-0.25, -0.2) is 9.59 Å². The van der Waals surface area contributed by atoms with Gasteiger partial charge in [0.1, 0.15) is 19.1 Å². The average molecular weight is 307 g/mol. The minimum absolute atomic E-state index is 0.00882. The van der Waals surface area contributed by atoms with Gasteiger partial charge >= 0.3 is 12.1 Å². The molecule has 0 saturated heterocycles. The van der Waals surface area contributed by atoms with Crippen LogP contribution in [0.1, 0.15) is 27.7 Å². The molecule has 0 fully saturated rings. The summed E-state index contributed by atoms with van der Waals surface area (Å²) in [5, 5.41) is 11.0. The largest absolute Gasteiger partial charge is 0.461 e. The molecule has 20 heavy (non-hydrogen) atoms. The van der Waals surface area contributed by atoms with Crippen LogP contribution < -0.4 is 5.32 Å². The van der Waals surface area contributed by atoms with Gasteiger partial charge in [-0.3, -0.25) is 5.32 Å². The molecule has 0 spiro atoms. The summed E-state index contributed by atoms with van der Waals surface area (Å²) in [5.41, 5.74) is -0.851. The van der Waals surface area contributed by atoms with Gasteiger partial charge in [-0.05, 0) is 33.8 Å². The third kappa shape index (κ3) is 8.72. The molecular weight excluding hydrogens is 285 g/mol. The third-order valence-corrected chi connectivity index (χ3v) is 2.85. The van der Waals surface area contributed by atoms with Crippen molar-refractivity contribution < 1.29 is 28.7 Å². The molecule has 8 heteroatoms. The lowest BCUT2D eigenvalue weighted by Crippen LogP contribution is -2.34. The molecule has 1 amide bonds. The molecule has 0 aromatic rings. The van der Waals surface area contributed by atoms with Crippen molar-refractivity contribution in [3.63, 3.8) is 0 Å². The molecule has 0 aromatic heterocycles. The number of allylic oxidation sites excluding steroid dienone is 1. The van der Waals surface area contributed by atoms with Crippen LogP contribution in [-0.4, -0.2) is 41.9 Å². The molecule has 0 saturated carbocycles. The highest BCUT2D eigenvalue weighted by molar-refractivity contribution is 7.44. The van der Waals surface area contributed by atoms with E-state index in [1.54, 1.807) is 27.7 Å². The van der Waals surface area contributed by atoms with Crippen LogP contribution in [-0.2, 0) is 18.8 Å². The minimum atomic E-state index is -2.21. The summed E-state index contributed by atoms with van der Waals surface area (Å²) in [7, 11) is -2.21. The molecule has 0 aliphatic carbocycles. The normalized spacial score (nSPS) is 13.6. The molecule has 2 N–H and O–H groups in total. The van der Waals surface area contributed by atoms with Crippen molar-refractivity contribution in [2.75, 3.05) is 19.1 Å². The SMILES string of the molecule is CCOC(=O)C(=CC[PH](=O)CO)NC(=O)OC(C)(C)C. The molecule has 1 unspecified atom stereocenters. The first kappa shape index (κ1) is 18.7. The highest BCUT2D eigenvalue weighted by atomic mass is 31.1. The predicted molar refractivity (Wildman–Crippen MR) is 75.0 cm³/mol. The van der Waals surface area contributed by atoms with Crippen LogP contribution in [0.15, 0.2) is 11.8 Å². The Hall–Kier alpha value is -1.33. The van der Waals surface area contributed by atoms with Crippen LogP contribution >= 0.6 is 7.80 Å². The van der Waals surface area contributed by atoms with Crippen molar-refractivity contribution in [3.8, 4) is 0 Å². The second-order valence-electron chi connectivity index (χ2n) is 4.87. The average Bonchev–Trinajstić information content (AvgIpc) is 2.31. The first-order chi connectivity index (χ1) is 9.19. The molecular formula is C12H22NO6P. The molecule has 0 aliphatic heterocycles. The van der Waals surface area contributed by atoms with Gasteiger partial charge in [0, 0.05) is 6.16 Å². The van der Waals surface area contributed by atoms with Crippen LogP contribution in [0.4, 0.5) is 4.79 Å². The monoisotopic (exact) mass is 307 g/mol. The van der Waals surface area contributed by atoms with Gasteiger partial charge < -0.3 is 19.1 Å². The summed E-state index contributed by atoms with van der Waals surface area (Å²) in [5.74, 6) is -0.744. The number of carbonyl (C=O) groups is 2. The van der Waals surface area contributed by atoms with E-state index in [-0.39, 0.29) is 18.5 Å². The summed E-state index contributed by atoms with van der Waals surface area (Å²) in [6.07, 6.45) is -0.00527. The number of ether oxygens (including phenoxy) is 2. The first-order valence-corrected chi connectivity index (χ1v) is 8.01. The first-order valence-electron chi connectivity index (χ1n) is 6.19. The lowest BCUT2D eigenvalue weighted by molar-refractivity contribution is -0.139. The molecule has 0 aromatic carbocycles. The molecule has 116 valence electrons.